The Morgan fingerprint density at radius 3 is 2.66 bits per heavy atom. The summed E-state index contributed by atoms with van der Waals surface area (Å²) in [6.07, 6.45) is 3.08. The van der Waals surface area contributed by atoms with Crippen molar-refractivity contribution in [3.8, 4) is 5.75 Å². The number of nitrogens with one attached hydrogen (secondary N) is 2. The fraction of sp³-hybridized carbons (Fsp3) is 0.391. The van der Waals surface area contributed by atoms with Crippen LogP contribution in [0, 0.1) is 0 Å². The van der Waals surface area contributed by atoms with Crippen molar-refractivity contribution in [2.45, 2.75) is 32.3 Å². The van der Waals surface area contributed by atoms with Gasteiger partial charge in [0.25, 0.3) is 0 Å². The van der Waals surface area contributed by atoms with E-state index in [9.17, 15) is 0 Å². The van der Waals surface area contributed by atoms with Crippen molar-refractivity contribution in [1.29, 1.82) is 0 Å². The van der Waals surface area contributed by atoms with Crippen LogP contribution in [0.2, 0.25) is 0 Å². The fourth-order valence-corrected chi connectivity index (χ4v) is 3.69. The lowest BCUT2D eigenvalue weighted by molar-refractivity contribution is 0.129. The van der Waals surface area contributed by atoms with Gasteiger partial charge in [-0.05, 0) is 31.2 Å². The fourth-order valence-electron chi connectivity index (χ4n) is 3.69. The number of aromatic amines is 1. The van der Waals surface area contributed by atoms with Crippen LogP contribution < -0.4 is 10.1 Å². The van der Waals surface area contributed by atoms with E-state index in [-0.39, 0.29) is 6.10 Å². The summed E-state index contributed by atoms with van der Waals surface area (Å²) >= 11 is 0. The number of para-hydroxylation sites is 3. The summed E-state index contributed by atoms with van der Waals surface area (Å²) in [6, 6.07) is 18.2. The van der Waals surface area contributed by atoms with Crippen LogP contribution >= 0.6 is 0 Å². The number of nitrogens with zero attached hydrogens (tertiary/aromatic N) is 3. The SMILES string of the molecule is CCNC(=NCCc1nc2ccccc2[nH]1)N1CCC(Oc2ccccc2)CC1. The van der Waals surface area contributed by atoms with Gasteiger partial charge in [0.05, 0.1) is 11.0 Å². The van der Waals surface area contributed by atoms with Crippen molar-refractivity contribution in [3.05, 3.63) is 60.4 Å². The van der Waals surface area contributed by atoms with Crippen LogP contribution in [0.25, 0.3) is 11.0 Å². The quantitative estimate of drug-likeness (QED) is 0.498. The van der Waals surface area contributed by atoms with E-state index in [0.717, 1.165) is 67.5 Å². The van der Waals surface area contributed by atoms with Gasteiger partial charge < -0.3 is 19.9 Å². The minimum absolute atomic E-state index is 0.270. The Morgan fingerprint density at radius 2 is 1.90 bits per heavy atom. The first-order valence-electron chi connectivity index (χ1n) is 10.5. The van der Waals surface area contributed by atoms with Crippen molar-refractivity contribution in [3.63, 3.8) is 0 Å². The molecule has 1 saturated heterocycles. The van der Waals surface area contributed by atoms with Crippen molar-refractivity contribution >= 4 is 17.0 Å². The molecule has 0 atom stereocenters. The lowest BCUT2D eigenvalue weighted by atomic mass is 10.1. The van der Waals surface area contributed by atoms with Crippen molar-refractivity contribution < 1.29 is 4.74 Å². The molecular weight excluding hydrogens is 362 g/mol. The third kappa shape index (κ3) is 5.08. The molecule has 0 spiro atoms. The molecule has 2 N–H and O–H groups in total. The van der Waals surface area contributed by atoms with Gasteiger partial charge in [0, 0.05) is 45.4 Å². The standard InChI is InChI=1S/C23H29N5O/c1-2-24-23(25-15-12-22-26-20-10-6-7-11-21(20)27-22)28-16-13-19(14-17-28)29-18-8-4-3-5-9-18/h3-11,19H,2,12-17H2,1H3,(H,24,25)(H,26,27). The number of fused-ring (bicyclic) bond motifs is 1. The number of aliphatic imine (C=N–C) groups is 1. The molecule has 6 heteroatoms. The average Bonchev–Trinajstić information content (AvgIpc) is 3.17. The van der Waals surface area contributed by atoms with E-state index in [0.29, 0.717) is 6.54 Å². The zero-order valence-electron chi connectivity index (χ0n) is 17.0. The van der Waals surface area contributed by atoms with E-state index < -0.39 is 0 Å². The maximum atomic E-state index is 6.11. The number of ether oxygens (including phenoxy) is 1. The number of piperidine rings is 1. The molecule has 4 rings (SSSR count). The summed E-state index contributed by atoms with van der Waals surface area (Å²) in [4.78, 5) is 15.2. The predicted octanol–water partition coefficient (Wildman–Crippen LogP) is 3.61. The van der Waals surface area contributed by atoms with Gasteiger partial charge in [0.1, 0.15) is 17.7 Å². The van der Waals surface area contributed by atoms with Crippen LogP contribution in [0.15, 0.2) is 59.6 Å². The Labute approximate surface area is 172 Å². The van der Waals surface area contributed by atoms with Crippen LogP contribution in [0.3, 0.4) is 0 Å². The van der Waals surface area contributed by atoms with Crippen molar-refractivity contribution in [2.24, 2.45) is 4.99 Å². The summed E-state index contributed by atoms with van der Waals surface area (Å²) < 4.78 is 6.11. The Morgan fingerprint density at radius 1 is 1.14 bits per heavy atom. The number of likely N-dealkylation sites (tertiary alicyclic amines) is 1. The van der Waals surface area contributed by atoms with E-state index in [2.05, 4.69) is 33.2 Å². The van der Waals surface area contributed by atoms with Gasteiger partial charge >= 0.3 is 0 Å². The molecule has 0 bridgehead atoms. The Kier molecular flexibility index (Phi) is 6.29. The van der Waals surface area contributed by atoms with Gasteiger partial charge in [0.15, 0.2) is 5.96 Å². The van der Waals surface area contributed by atoms with Crippen molar-refractivity contribution in [2.75, 3.05) is 26.2 Å². The lowest BCUT2D eigenvalue weighted by Gasteiger charge is -2.34. The highest BCUT2D eigenvalue weighted by molar-refractivity contribution is 5.80. The highest BCUT2D eigenvalue weighted by Crippen LogP contribution is 2.18. The molecule has 1 aromatic heterocycles. The number of hydrogen-bond donors (Lipinski definition) is 2. The minimum Gasteiger partial charge on any atom is -0.490 e. The zero-order valence-corrected chi connectivity index (χ0v) is 17.0. The number of imidazole rings is 1. The summed E-state index contributed by atoms with van der Waals surface area (Å²) in [7, 11) is 0. The number of H-pyrrole nitrogens is 1. The van der Waals surface area contributed by atoms with Crippen LogP contribution in [-0.2, 0) is 6.42 Å². The van der Waals surface area contributed by atoms with Gasteiger partial charge in [-0.25, -0.2) is 4.98 Å². The summed E-state index contributed by atoms with van der Waals surface area (Å²) in [5, 5.41) is 3.43. The van der Waals surface area contributed by atoms with Gasteiger partial charge in [-0.1, -0.05) is 30.3 Å². The zero-order chi connectivity index (χ0) is 19.9. The Balaban J connectivity index is 1.31. The van der Waals surface area contributed by atoms with Crippen LogP contribution in [0.5, 0.6) is 5.75 Å². The average molecular weight is 392 g/mol. The molecule has 1 aliphatic heterocycles. The highest BCUT2D eigenvalue weighted by atomic mass is 16.5. The third-order valence-corrected chi connectivity index (χ3v) is 5.17. The van der Waals surface area contributed by atoms with Gasteiger partial charge in [-0.3, -0.25) is 4.99 Å². The second-order valence-electron chi connectivity index (χ2n) is 7.30. The van der Waals surface area contributed by atoms with E-state index in [1.54, 1.807) is 0 Å². The summed E-state index contributed by atoms with van der Waals surface area (Å²) in [6.45, 7) is 5.59. The Hall–Kier alpha value is -3.02. The number of guanidine groups is 1. The van der Waals surface area contributed by atoms with Crippen LogP contribution in [-0.4, -0.2) is 53.1 Å². The lowest BCUT2D eigenvalue weighted by Crippen LogP contribution is -2.47. The van der Waals surface area contributed by atoms with E-state index in [1.165, 1.54) is 0 Å². The molecule has 0 saturated carbocycles. The summed E-state index contributed by atoms with van der Waals surface area (Å²) in [5.74, 6) is 2.93. The second kappa shape index (κ2) is 9.45. The number of aromatic nitrogens is 2. The molecule has 2 aromatic carbocycles. The van der Waals surface area contributed by atoms with Gasteiger partial charge in [-0.2, -0.15) is 0 Å². The molecule has 1 aliphatic rings. The van der Waals surface area contributed by atoms with E-state index in [4.69, 9.17) is 9.73 Å². The number of rotatable bonds is 6. The largest absolute Gasteiger partial charge is 0.490 e. The number of hydrogen-bond acceptors (Lipinski definition) is 3. The first-order valence-corrected chi connectivity index (χ1v) is 10.5. The molecule has 0 unspecified atom stereocenters. The molecule has 1 fully saturated rings. The first kappa shape index (κ1) is 19.3. The predicted molar refractivity (Wildman–Crippen MR) is 117 cm³/mol. The molecule has 6 nitrogen and oxygen atoms in total. The molecule has 0 amide bonds. The normalized spacial score (nSPS) is 15.6. The maximum absolute atomic E-state index is 6.11. The topological polar surface area (TPSA) is 65.5 Å². The first-order chi connectivity index (χ1) is 14.3. The highest BCUT2D eigenvalue weighted by Gasteiger charge is 2.22. The van der Waals surface area contributed by atoms with Gasteiger partial charge in [0.2, 0.25) is 0 Å². The van der Waals surface area contributed by atoms with E-state index in [1.807, 2.05) is 48.5 Å². The second-order valence-corrected chi connectivity index (χ2v) is 7.30. The molecular formula is C23H29N5O. The minimum atomic E-state index is 0.270. The van der Waals surface area contributed by atoms with E-state index >= 15 is 0 Å². The molecule has 152 valence electrons. The molecule has 0 aliphatic carbocycles. The maximum Gasteiger partial charge on any atom is 0.193 e. The third-order valence-electron chi connectivity index (χ3n) is 5.17. The molecule has 29 heavy (non-hydrogen) atoms. The smallest absolute Gasteiger partial charge is 0.193 e. The summed E-state index contributed by atoms with van der Waals surface area (Å²) in [5.41, 5.74) is 2.10. The molecule has 3 aromatic rings. The van der Waals surface area contributed by atoms with Crippen LogP contribution in [0.4, 0.5) is 0 Å². The van der Waals surface area contributed by atoms with Gasteiger partial charge in [-0.15, -0.1) is 0 Å². The van der Waals surface area contributed by atoms with Crippen molar-refractivity contribution in [1.82, 2.24) is 20.2 Å². The monoisotopic (exact) mass is 391 g/mol. The molecule has 2 heterocycles. The van der Waals surface area contributed by atoms with Crippen LogP contribution in [0.1, 0.15) is 25.6 Å². The number of benzene rings is 2. The molecule has 0 radical (unpaired) electrons. The Bertz CT molecular complexity index is 896.